The number of aromatic amines is 1. The Labute approximate surface area is 191 Å². The first-order valence-electron chi connectivity index (χ1n) is 11.2. The monoisotopic (exact) mass is 442 g/mol. The van der Waals surface area contributed by atoms with E-state index in [9.17, 15) is 9.59 Å². The lowest BCUT2D eigenvalue weighted by molar-refractivity contribution is 0.0705. The SMILES string of the molecule is Cc1ccc2nc(N3CCC(C)N(C(=O)c4ccccc4-n4cccn4)CC3)[nH]c(=O)c2c1. The van der Waals surface area contributed by atoms with Crippen molar-refractivity contribution in [3.05, 3.63) is 82.4 Å². The van der Waals surface area contributed by atoms with Crippen LogP contribution in [0.25, 0.3) is 16.6 Å². The molecule has 8 nitrogen and oxygen atoms in total. The smallest absolute Gasteiger partial charge is 0.260 e. The lowest BCUT2D eigenvalue weighted by Gasteiger charge is -2.27. The Bertz CT molecular complexity index is 1360. The lowest BCUT2D eigenvalue weighted by atomic mass is 10.1. The highest BCUT2D eigenvalue weighted by molar-refractivity contribution is 5.98. The van der Waals surface area contributed by atoms with Crippen molar-refractivity contribution in [2.75, 3.05) is 24.5 Å². The second kappa shape index (κ2) is 8.54. The van der Waals surface area contributed by atoms with E-state index in [0.717, 1.165) is 17.7 Å². The minimum atomic E-state index is -0.142. The third kappa shape index (κ3) is 4.00. The second-order valence-corrected chi connectivity index (χ2v) is 8.50. The summed E-state index contributed by atoms with van der Waals surface area (Å²) in [5, 5.41) is 4.89. The van der Waals surface area contributed by atoms with Gasteiger partial charge in [-0.15, -0.1) is 0 Å². The number of carbonyl (C=O) groups excluding carboxylic acids is 1. The van der Waals surface area contributed by atoms with E-state index in [-0.39, 0.29) is 17.5 Å². The number of nitrogens with one attached hydrogen (secondary N) is 1. The van der Waals surface area contributed by atoms with Crippen LogP contribution in [0.2, 0.25) is 0 Å². The number of benzene rings is 2. The molecule has 1 saturated heterocycles. The fourth-order valence-electron chi connectivity index (χ4n) is 4.38. The van der Waals surface area contributed by atoms with Gasteiger partial charge in [0.25, 0.3) is 11.5 Å². The minimum absolute atomic E-state index is 0.0223. The summed E-state index contributed by atoms with van der Waals surface area (Å²) in [5.41, 5.74) is 2.94. The summed E-state index contributed by atoms with van der Waals surface area (Å²) in [4.78, 5) is 37.8. The maximum atomic E-state index is 13.6. The van der Waals surface area contributed by atoms with E-state index in [1.807, 2.05) is 66.6 Å². The zero-order valence-corrected chi connectivity index (χ0v) is 18.7. The number of nitrogens with zero attached hydrogens (tertiary/aromatic N) is 5. The molecule has 0 radical (unpaired) electrons. The van der Waals surface area contributed by atoms with Crippen LogP contribution in [0, 0.1) is 6.92 Å². The fourth-order valence-corrected chi connectivity index (χ4v) is 4.38. The van der Waals surface area contributed by atoms with Crippen LogP contribution in [-0.4, -0.2) is 56.2 Å². The van der Waals surface area contributed by atoms with Gasteiger partial charge in [-0.25, -0.2) is 9.67 Å². The van der Waals surface area contributed by atoms with E-state index in [2.05, 4.69) is 21.9 Å². The molecule has 0 saturated carbocycles. The number of H-pyrrole nitrogens is 1. The van der Waals surface area contributed by atoms with Crippen molar-refractivity contribution >= 4 is 22.8 Å². The van der Waals surface area contributed by atoms with Gasteiger partial charge < -0.3 is 9.80 Å². The lowest BCUT2D eigenvalue weighted by Crippen LogP contribution is -2.40. The number of carbonyl (C=O) groups is 1. The molecule has 33 heavy (non-hydrogen) atoms. The molecule has 0 aliphatic carbocycles. The van der Waals surface area contributed by atoms with E-state index in [1.54, 1.807) is 10.9 Å². The summed E-state index contributed by atoms with van der Waals surface area (Å²) in [7, 11) is 0. The first kappa shape index (κ1) is 20.9. The number of amides is 1. The highest BCUT2D eigenvalue weighted by Gasteiger charge is 2.28. The Balaban J connectivity index is 1.41. The van der Waals surface area contributed by atoms with Crippen molar-refractivity contribution in [2.24, 2.45) is 0 Å². The van der Waals surface area contributed by atoms with Gasteiger partial charge in [0, 0.05) is 38.1 Å². The average molecular weight is 443 g/mol. The Hall–Kier alpha value is -3.94. The van der Waals surface area contributed by atoms with Crippen molar-refractivity contribution in [1.29, 1.82) is 0 Å². The Morgan fingerprint density at radius 2 is 1.94 bits per heavy atom. The number of para-hydroxylation sites is 1. The van der Waals surface area contributed by atoms with Gasteiger partial charge in [-0.05, 0) is 50.6 Å². The van der Waals surface area contributed by atoms with Crippen molar-refractivity contribution < 1.29 is 4.79 Å². The molecule has 1 amide bonds. The van der Waals surface area contributed by atoms with Crippen LogP contribution in [-0.2, 0) is 0 Å². The van der Waals surface area contributed by atoms with E-state index in [0.29, 0.717) is 42.0 Å². The van der Waals surface area contributed by atoms with Crippen molar-refractivity contribution in [2.45, 2.75) is 26.3 Å². The Morgan fingerprint density at radius 1 is 1.09 bits per heavy atom. The quantitative estimate of drug-likeness (QED) is 0.527. The molecule has 1 unspecified atom stereocenters. The van der Waals surface area contributed by atoms with Crippen LogP contribution in [0.1, 0.15) is 29.3 Å². The van der Waals surface area contributed by atoms with Crippen LogP contribution < -0.4 is 10.5 Å². The maximum absolute atomic E-state index is 13.6. The van der Waals surface area contributed by atoms with Crippen LogP contribution >= 0.6 is 0 Å². The zero-order valence-electron chi connectivity index (χ0n) is 18.7. The number of hydrogen-bond donors (Lipinski definition) is 1. The Kier molecular flexibility index (Phi) is 5.42. The maximum Gasteiger partial charge on any atom is 0.260 e. The number of hydrogen-bond acceptors (Lipinski definition) is 5. The van der Waals surface area contributed by atoms with Crippen LogP contribution in [0.15, 0.2) is 65.7 Å². The van der Waals surface area contributed by atoms with Crippen LogP contribution in [0.3, 0.4) is 0 Å². The average Bonchev–Trinajstić information content (AvgIpc) is 3.29. The molecule has 168 valence electrons. The molecule has 2 aromatic heterocycles. The molecule has 4 aromatic rings. The number of rotatable bonds is 3. The van der Waals surface area contributed by atoms with E-state index < -0.39 is 0 Å². The largest absolute Gasteiger partial charge is 0.340 e. The van der Waals surface area contributed by atoms with E-state index in [1.165, 1.54) is 0 Å². The van der Waals surface area contributed by atoms with E-state index in [4.69, 9.17) is 4.98 Å². The highest BCUT2D eigenvalue weighted by Crippen LogP contribution is 2.22. The predicted octanol–water partition coefficient (Wildman–Crippen LogP) is 3.16. The van der Waals surface area contributed by atoms with Crippen LogP contribution in [0.4, 0.5) is 5.95 Å². The van der Waals surface area contributed by atoms with Gasteiger partial charge in [-0.2, -0.15) is 5.10 Å². The van der Waals surface area contributed by atoms with Gasteiger partial charge in [-0.1, -0.05) is 23.8 Å². The molecule has 1 aliphatic heterocycles. The van der Waals surface area contributed by atoms with Gasteiger partial charge >= 0.3 is 0 Å². The van der Waals surface area contributed by atoms with Gasteiger partial charge in [-0.3, -0.25) is 14.6 Å². The predicted molar refractivity (Wildman–Crippen MR) is 128 cm³/mol. The summed E-state index contributed by atoms with van der Waals surface area (Å²) in [6.07, 6.45) is 4.31. The number of anilines is 1. The molecule has 1 N–H and O–H groups in total. The molecule has 2 aromatic carbocycles. The number of aryl methyl sites for hydroxylation is 1. The third-order valence-electron chi connectivity index (χ3n) is 6.25. The van der Waals surface area contributed by atoms with Crippen molar-refractivity contribution in [3.8, 4) is 5.69 Å². The van der Waals surface area contributed by atoms with Gasteiger partial charge in [0.15, 0.2) is 0 Å². The first-order valence-corrected chi connectivity index (χ1v) is 11.2. The van der Waals surface area contributed by atoms with Crippen molar-refractivity contribution in [1.82, 2.24) is 24.6 Å². The highest BCUT2D eigenvalue weighted by atomic mass is 16.2. The molecular formula is C25H26N6O2. The summed E-state index contributed by atoms with van der Waals surface area (Å²) < 4.78 is 1.72. The van der Waals surface area contributed by atoms with Crippen molar-refractivity contribution in [3.63, 3.8) is 0 Å². The topological polar surface area (TPSA) is 87.1 Å². The molecule has 1 aliphatic rings. The summed E-state index contributed by atoms with van der Waals surface area (Å²) in [5.74, 6) is 0.528. The molecule has 1 atom stereocenters. The molecule has 5 rings (SSSR count). The minimum Gasteiger partial charge on any atom is -0.340 e. The number of aromatic nitrogens is 4. The van der Waals surface area contributed by atoms with Gasteiger partial charge in [0.05, 0.1) is 22.2 Å². The molecule has 3 heterocycles. The standard InChI is InChI=1S/C25H26N6O2/c1-17-8-9-21-20(16-17)23(32)28-25(27-21)29-13-10-18(2)30(15-14-29)24(33)19-6-3-4-7-22(19)31-12-5-11-26-31/h3-9,11-12,16,18H,10,13-15H2,1-2H3,(H,27,28,32). The van der Waals surface area contributed by atoms with E-state index >= 15 is 0 Å². The molecule has 0 bridgehead atoms. The zero-order chi connectivity index (χ0) is 22.9. The summed E-state index contributed by atoms with van der Waals surface area (Å²) in [6.45, 7) is 5.84. The molecule has 8 heteroatoms. The summed E-state index contributed by atoms with van der Waals surface area (Å²) in [6, 6.07) is 15.1. The van der Waals surface area contributed by atoms with Gasteiger partial charge in [0.2, 0.25) is 5.95 Å². The molecule has 1 fully saturated rings. The second-order valence-electron chi connectivity index (χ2n) is 8.50. The van der Waals surface area contributed by atoms with Crippen LogP contribution in [0.5, 0.6) is 0 Å². The third-order valence-corrected chi connectivity index (χ3v) is 6.25. The molecule has 0 spiro atoms. The molecular weight excluding hydrogens is 416 g/mol. The normalized spacial score (nSPS) is 16.7. The van der Waals surface area contributed by atoms with Gasteiger partial charge in [0.1, 0.15) is 0 Å². The number of fused-ring (bicyclic) bond motifs is 1. The first-order chi connectivity index (χ1) is 16.0. The summed E-state index contributed by atoms with van der Waals surface area (Å²) >= 11 is 0. The Morgan fingerprint density at radius 3 is 2.76 bits per heavy atom. The fraction of sp³-hybridized carbons (Fsp3) is 0.280.